The summed E-state index contributed by atoms with van der Waals surface area (Å²) in [4.78, 5) is 2.12. The summed E-state index contributed by atoms with van der Waals surface area (Å²) in [6.45, 7) is 5.03. The van der Waals surface area contributed by atoms with Gasteiger partial charge in [0.05, 0.1) is 11.3 Å². The molecule has 2 aromatic carbocycles. The number of aryl methyl sites for hydroxylation is 2. The first-order chi connectivity index (χ1) is 9.10. The van der Waals surface area contributed by atoms with Crippen LogP contribution < -0.4 is 4.90 Å². The Morgan fingerprint density at radius 2 is 1.68 bits per heavy atom. The van der Waals surface area contributed by atoms with E-state index in [9.17, 15) is 0 Å². The molecule has 0 N–H and O–H groups in total. The smallest absolute Gasteiger partial charge is 0.101 e. The summed E-state index contributed by atoms with van der Waals surface area (Å²) >= 11 is 0. The maximum absolute atomic E-state index is 9.14. The Kier molecular flexibility index (Phi) is 3.87. The third kappa shape index (κ3) is 3.14. The van der Waals surface area contributed by atoms with Crippen molar-refractivity contribution in [2.24, 2.45) is 0 Å². The molecule has 0 saturated carbocycles. The normalized spacial score (nSPS) is 10.0. The van der Waals surface area contributed by atoms with Gasteiger partial charge in [-0.15, -0.1) is 0 Å². The molecule has 0 aliphatic heterocycles. The Balaban J connectivity index is 2.26. The maximum atomic E-state index is 9.14. The number of para-hydroxylation sites is 1. The van der Waals surface area contributed by atoms with E-state index in [1.54, 1.807) is 0 Å². The van der Waals surface area contributed by atoms with Crippen LogP contribution in [0.15, 0.2) is 42.5 Å². The monoisotopic (exact) mass is 250 g/mol. The first-order valence-corrected chi connectivity index (χ1v) is 6.37. The molecular weight excluding hydrogens is 232 g/mol. The summed E-state index contributed by atoms with van der Waals surface area (Å²) in [6, 6.07) is 16.5. The minimum atomic E-state index is 0.717. The topological polar surface area (TPSA) is 27.0 Å². The molecule has 19 heavy (non-hydrogen) atoms. The van der Waals surface area contributed by atoms with Crippen LogP contribution in [0.4, 0.5) is 5.69 Å². The summed E-state index contributed by atoms with van der Waals surface area (Å²) in [5.41, 5.74) is 5.51. The SMILES string of the molecule is Cc1cc(C)cc(CN(C)c2ccccc2C#N)c1. The highest BCUT2D eigenvalue weighted by molar-refractivity contribution is 5.58. The van der Waals surface area contributed by atoms with Gasteiger partial charge in [-0.1, -0.05) is 41.5 Å². The van der Waals surface area contributed by atoms with Crippen LogP contribution in [-0.2, 0) is 6.54 Å². The van der Waals surface area contributed by atoms with E-state index < -0.39 is 0 Å². The second-order valence-corrected chi connectivity index (χ2v) is 4.98. The summed E-state index contributed by atoms with van der Waals surface area (Å²) in [6.07, 6.45) is 0. The first-order valence-electron chi connectivity index (χ1n) is 6.37. The van der Waals surface area contributed by atoms with Crippen molar-refractivity contribution in [2.45, 2.75) is 20.4 Å². The Labute approximate surface area is 114 Å². The lowest BCUT2D eigenvalue weighted by Gasteiger charge is -2.21. The zero-order valence-electron chi connectivity index (χ0n) is 11.6. The standard InChI is InChI=1S/C17H18N2/c1-13-8-14(2)10-15(9-13)12-19(3)17-7-5-4-6-16(17)11-18/h4-10H,12H2,1-3H3. The van der Waals surface area contributed by atoms with Gasteiger partial charge in [0.25, 0.3) is 0 Å². The second-order valence-electron chi connectivity index (χ2n) is 4.98. The molecule has 2 rings (SSSR count). The summed E-state index contributed by atoms with van der Waals surface area (Å²) in [5.74, 6) is 0. The highest BCUT2D eigenvalue weighted by atomic mass is 15.1. The molecule has 0 atom stereocenters. The van der Waals surface area contributed by atoms with Crippen LogP contribution in [0.1, 0.15) is 22.3 Å². The fraction of sp³-hybridized carbons (Fsp3) is 0.235. The van der Waals surface area contributed by atoms with Crippen LogP contribution >= 0.6 is 0 Å². The molecule has 0 aromatic heterocycles. The van der Waals surface area contributed by atoms with Gasteiger partial charge in [-0.2, -0.15) is 5.26 Å². The zero-order valence-corrected chi connectivity index (χ0v) is 11.6. The van der Waals surface area contributed by atoms with Gasteiger partial charge in [-0.3, -0.25) is 0 Å². The number of hydrogen-bond acceptors (Lipinski definition) is 2. The molecule has 0 unspecified atom stereocenters. The van der Waals surface area contributed by atoms with E-state index in [4.69, 9.17) is 5.26 Å². The molecule has 0 heterocycles. The molecular formula is C17H18N2. The van der Waals surface area contributed by atoms with Gasteiger partial charge in [0.2, 0.25) is 0 Å². The number of hydrogen-bond donors (Lipinski definition) is 0. The van der Waals surface area contributed by atoms with E-state index in [0.29, 0.717) is 0 Å². The molecule has 0 aliphatic carbocycles. The minimum absolute atomic E-state index is 0.717. The average Bonchev–Trinajstić information content (AvgIpc) is 2.37. The molecule has 0 amide bonds. The molecule has 0 spiro atoms. The molecule has 2 nitrogen and oxygen atoms in total. The van der Waals surface area contributed by atoms with Crippen LogP contribution in [0.2, 0.25) is 0 Å². The third-order valence-corrected chi connectivity index (χ3v) is 3.14. The Morgan fingerprint density at radius 1 is 1.05 bits per heavy atom. The largest absolute Gasteiger partial charge is 0.369 e. The van der Waals surface area contributed by atoms with E-state index in [1.807, 2.05) is 31.3 Å². The van der Waals surface area contributed by atoms with Crippen LogP contribution in [0.5, 0.6) is 0 Å². The van der Waals surface area contributed by atoms with Gasteiger partial charge in [0, 0.05) is 13.6 Å². The van der Waals surface area contributed by atoms with Crippen molar-refractivity contribution in [1.82, 2.24) is 0 Å². The van der Waals surface area contributed by atoms with Crippen molar-refractivity contribution in [3.05, 3.63) is 64.7 Å². The molecule has 0 radical (unpaired) electrons. The van der Waals surface area contributed by atoms with Crippen LogP contribution in [0, 0.1) is 25.2 Å². The fourth-order valence-corrected chi connectivity index (χ4v) is 2.42. The summed E-state index contributed by atoms with van der Waals surface area (Å²) in [5, 5.41) is 9.14. The quantitative estimate of drug-likeness (QED) is 0.828. The number of nitrogens with zero attached hydrogens (tertiary/aromatic N) is 2. The summed E-state index contributed by atoms with van der Waals surface area (Å²) < 4.78 is 0. The minimum Gasteiger partial charge on any atom is -0.369 e. The number of anilines is 1. The predicted octanol–water partition coefficient (Wildman–Crippen LogP) is 3.81. The van der Waals surface area contributed by atoms with Crippen molar-refractivity contribution in [1.29, 1.82) is 5.26 Å². The second kappa shape index (κ2) is 5.58. The highest BCUT2D eigenvalue weighted by Crippen LogP contribution is 2.20. The number of benzene rings is 2. The van der Waals surface area contributed by atoms with Gasteiger partial charge in [-0.05, 0) is 31.5 Å². The van der Waals surface area contributed by atoms with Gasteiger partial charge in [-0.25, -0.2) is 0 Å². The van der Waals surface area contributed by atoms with Crippen LogP contribution in [-0.4, -0.2) is 7.05 Å². The van der Waals surface area contributed by atoms with Crippen LogP contribution in [0.25, 0.3) is 0 Å². The van der Waals surface area contributed by atoms with Gasteiger partial charge in [0.15, 0.2) is 0 Å². The van der Waals surface area contributed by atoms with Crippen molar-refractivity contribution in [2.75, 3.05) is 11.9 Å². The lowest BCUT2D eigenvalue weighted by atomic mass is 10.1. The first kappa shape index (κ1) is 13.2. The Bertz CT molecular complexity index is 603. The molecule has 0 saturated heterocycles. The van der Waals surface area contributed by atoms with Crippen LogP contribution in [0.3, 0.4) is 0 Å². The lowest BCUT2D eigenvalue weighted by molar-refractivity contribution is 0.917. The van der Waals surface area contributed by atoms with Gasteiger partial charge in [0.1, 0.15) is 6.07 Å². The Morgan fingerprint density at radius 3 is 2.32 bits per heavy atom. The Hall–Kier alpha value is -2.27. The van der Waals surface area contributed by atoms with Crippen molar-refractivity contribution >= 4 is 5.69 Å². The average molecular weight is 250 g/mol. The number of nitriles is 1. The van der Waals surface area contributed by atoms with Crippen molar-refractivity contribution < 1.29 is 0 Å². The van der Waals surface area contributed by atoms with E-state index in [1.165, 1.54) is 16.7 Å². The van der Waals surface area contributed by atoms with Gasteiger partial charge < -0.3 is 4.90 Å². The van der Waals surface area contributed by atoms with E-state index in [0.717, 1.165) is 17.8 Å². The molecule has 2 heteroatoms. The predicted molar refractivity (Wildman–Crippen MR) is 79.2 cm³/mol. The lowest BCUT2D eigenvalue weighted by Crippen LogP contribution is -2.17. The zero-order chi connectivity index (χ0) is 13.8. The van der Waals surface area contributed by atoms with Crippen molar-refractivity contribution in [3.63, 3.8) is 0 Å². The fourth-order valence-electron chi connectivity index (χ4n) is 2.42. The van der Waals surface area contributed by atoms with Crippen molar-refractivity contribution in [3.8, 4) is 6.07 Å². The maximum Gasteiger partial charge on any atom is 0.101 e. The van der Waals surface area contributed by atoms with Gasteiger partial charge >= 0.3 is 0 Å². The number of rotatable bonds is 3. The highest BCUT2D eigenvalue weighted by Gasteiger charge is 2.07. The third-order valence-electron chi connectivity index (χ3n) is 3.14. The molecule has 2 aromatic rings. The molecule has 0 aliphatic rings. The molecule has 0 fully saturated rings. The molecule has 96 valence electrons. The summed E-state index contributed by atoms with van der Waals surface area (Å²) in [7, 11) is 2.02. The molecule has 0 bridgehead atoms. The van der Waals surface area contributed by atoms with E-state index >= 15 is 0 Å². The van der Waals surface area contributed by atoms with E-state index in [-0.39, 0.29) is 0 Å². The van der Waals surface area contributed by atoms with E-state index in [2.05, 4.69) is 43.0 Å².